The number of hydrogen-bond acceptors (Lipinski definition) is 5. The van der Waals surface area contributed by atoms with Gasteiger partial charge in [0, 0.05) is 12.1 Å². The van der Waals surface area contributed by atoms with Gasteiger partial charge < -0.3 is 9.84 Å². The topological polar surface area (TPSA) is 89.7 Å². The number of esters is 1. The molecule has 1 aromatic rings. The number of carbonyl (C=O) groups is 1. The summed E-state index contributed by atoms with van der Waals surface area (Å²) in [5.41, 5.74) is 0.503. The van der Waals surface area contributed by atoms with Crippen molar-refractivity contribution in [2.45, 2.75) is 19.4 Å². The van der Waals surface area contributed by atoms with Crippen molar-refractivity contribution in [3.8, 4) is 0 Å². The number of aliphatic hydroxyl groups excluding tert-OH is 1. The number of ether oxygens (including phenoxy) is 1. The van der Waals surface area contributed by atoms with Gasteiger partial charge in [0.2, 0.25) is 0 Å². The molecule has 0 aliphatic carbocycles. The van der Waals surface area contributed by atoms with Crippen molar-refractivity contribution in [1.29, 1.82) is 0 Å². The van der Waals surface area contributed by atoms with Gasteiger partial charge in [-0.05, 0) is 24.1 Å². The van der Waals surface area contributed by atoms with Crippen molar-refractivity contribution < 1.29 is 19.6 Å². The summed E-state index contributed by atoms with van der Waals surface area (Å²) in [7, 11) is 1.29. The number of nitrogens with zero attached hydrogens (tertiary/aromatic N) is 1. The van der Waals surface area contributed by atoms with Crippen molar-refractivity contribution in [1.82, 2.24) is 0 Å². The predicted octanol–water partition coefficient (Wildman–Crippen LogP) is 1.83. The summed E-state index contributed by atoms with van der Waals surface area (Å²) < 4.78 is 4.56. The average molecular weight is 253 g/mol. The van der Waals surface area contributed by atoms with Gasteiger partial charge in [-0.25, -0.2) is 0 Å². The second kappa shape index (κ2) is 6.11. The first-order valence-corrected chi connectivity index (χ1v) is 5.46. The maximum absolute atomic E-state index is 11.2. The average Bonchev–Trinajstić information content (AvgIpc) is 2.37. The van der Waals surface area contributed by atoms with Gasteiger partial charge >= 0.3 is 5.97 Å². The summed E-state index contributed by atoms with van der Waals surface area (Å²) in [5.74, 6) is -0.823. The van der Waals surface area contributed by atoms with Crippen LogP contribution in [-0.2, 0) is 9.53 Å². The molecule has 18 heavy (non-hydrogen) atoms. The molecule has 0 amide bonds. The van der Waals surface area contributed by atoms with Crippen molar-refractivity contribution in [2.24, 2.45) is 5.92 Å². The Labute approximate surface area is 104 Å². The number of non-ortho nitro benzene ring substituents is 1. The third-order valence-electron chi connectivity index (χ3n) is 2.67. The third kappa shape index (κ3) is 3.53. The lowest BCUT2D eigenvalue weighted by atomic mass is 9.98. The molecule has 0 saturated heterocycles. The zero-order valence-corrected chi connectivity index (χ0v) is 10.2. The van der Waals surface area contributed by atoms with Crippen LogP contribution in [0.4, 0.5) is 5.69 Å². The van der Waals surface area contributed by atoms with Gasteiger partial charge in [-0.15, -0.1) is 0 Å². The van der Waals surface area contributed by atoms with Gasteiger partial charge in [0.15, 0.2) is 0 Å². The number of hydrogen-bond donors (Lipinski definition) is 1. The molecule has 1 rings (SSSR count). The lowest BCUT2D eigenvalue weighted by molar-refractivity contribution is -0.384. The van der Waals surface area contributed by atoms with E-state index >= 15 is 0 Å². The fourth-order valence-electron chi connectivity index (χ4n) is 1.59. The Kier molecular flexibility index (Phi) is 4.79. The van der Waals surface area contributed by atoms with E-state index in [-0.39, 0.29) is 12.1 Å². The highest BCUT2D eigenvalue weighted by atomic mass is 16.6. The van der Waals surface area contributed by atoms with Crippen LogP contribution in [-0.4, -0.2) is 23.1 Å². The normalized spacial score (nSPS) is 13.7. The minimum Gasteiger partial charge on any atom is -0.469 e. The van der Waals surface area contributed by atoms with Gasteiger partial charge in [0.05, 0.1) is 24.1 Å². The van der Waals surface area contributed by atoms with Gasteiger partial charge in [-0.1, -0.05) is 6.92 Å². The molecule has 1 aromatic carbocycles. The third-order valence-corrected chi connectivity index (χ3v) is 2.67. The maximum Gasteiger partial charge on any atom is 0.308 e. The number of nitro benzene ring substituents is 1. The highest BCUT2D eigenvalue weighted by molar-refractivity contribution is 5.71. The molecule has 1 N–H and O–H groups in total. The van der Waals surface area contributed by atoms with Crippen molar-refractivity contribution in [3.05, 3.63) is 39.9 Å². The first-order chi connectivity index (χ1) is 8.45. The largest absolute Gasteiger partial charge is 0.469 e. The highest BCUT2D eigenvalue weighted by Crippen LogP contribution is 2.23. The number of carbonyl (C=O) groups excluding carboxylic acids is 1. The number of nitro groups is 1. The summed E-state index contributed by atoms with van der Waals surface area (Å²) in [6.07, 6.45) is -0.635. The molecule has 6 heteroatoms. The van der Waals surface area contributed by atoms with E-state index in [0.29, 0.717) is 5.56 Å². The zero-order valence-electron chi connectivity index (χ0n) is 10.2. The Morgan fingerprint density at radius 2 is 2.00 bits per heavy atom. The fourth-order valence-corrected chi connectivity index (χ4v) is 1.59. The summed E-state index contributed by atoms with van der Waals surface area (Å²) >= 11 is 0. The van der Waals surface area contributed by atoms with Crippen molar-refractivity contribution in [2.75, 3.05) is 7.11 Å². The summed E-state index contributed by atoms with van der Waals surface area (Å²) in [6.45, 7) is 1.65. The van der Waals surface area contributed by atoms with Gasteiger partial charge in [0.1, 0.15) is 0 Å². The molecule has 0 aliphatic heterocycles. The molecule has 0 heterocycles. The summed E-state index contributed by atoms with van der Waals surface area (Å²) in [5, 5.41) is 20.4. The number of rotatable bonds is 5. The van der Waals surface area contributed by atoms with Crippen LogP contribution in [0.1, 0.15) is 25.0 Å². The Bertz CT molecular complexity index is 429. The number of benzene rings is 1. The van der Waals surface area contributed by atoms with E-state index in [1.54, 1.807) is 6.92 Å². The van der Waals surface area contributed by atoms with E-state index in [1.807, 2.05) is 0 Å². The van der Waals surface area contributed by atoms with Gasteiger partial charge in [-0.2, -0.15) is 0 Å². The maximum atomic E-state index is 11.2. The van der Waals surface area contributed by atoms with Crippen molar-refractivity contribution in [3.63, 3.8) is 0 Å². The molecule has 98 valence electrons. The lowest BCUT2D eigenvalue weighted by Crippen LogP contribution is -2.16. The fraction of sp³-hybridized carbons (Fsp3) is 0.417. The van der Waals surface area contributed by atoms with Crippen LogP contribution in [0.25, 0.3) is 0 Å². The summed E-state index contributed by atoms with van der Waals surface area (Å²) in [6, 6.07) is 5.60. The Morgan fingerprint density at radius 3 is 2.44 bits per heavy atom. The van der Waals surface area contributed by atoms with Crippen LogP contribution in [0.5, 0.6) is 0 Å². The molecular formula is C12H15NO5. The minimum absolute atomic E-state index is 0.0352. The minimum atomic E-state index is -0.847. The molecule has 0 radical (unpaired) electrons. The van der Waals surface area contributed by atoms with E-state index in [1.165, 1.54) is 31.4 Å². The van der Waals surface area contributed by atoms with Crippen LogP contribution in [0.15, 0.2) is 24.3 Å². The predicted molar refractivity (Wildman–Crippen MR) is 63.9 cm³/mol. The summed E-state index contributed by atoms with van der Waals surface area (Å²) in [4.78, 5) is 21.2. The molecule has 0 aromatic heterocycles. The first kappa shape index (κ1) is 14.1. The van der Waals surface area contributed by atoms with Crippen LogP contribution in [0.2, 0.25) is 0 Å². The van der Waals surface area contributed by atoms with E-state index in [0.717, 1.165) is 0 Å². The smallest absolute Gasteiger partial charge is 0.308 e. The molecule has 2 atom stereocenters. The first-order valence-electron chi connectivity index (χ1n) is 5.46. The van der Waals surface area contributed by atoms with Crippen LogP contribution in [0, 0.1) is 16.0 Å². The zero-order chi connectivity index (χ0) is 13.7. The van der Waals surface area contributed by atoms with Crippen LogP contribution >= 0.6 is 0 Å². The molecule has 6 nitrogen and oxygen atoms in total. The number of aliphatic hydroxyl groups is 1. The van der Waals surface area contributed by atoms with E-state index in [9.17, 15) is 20.0 Å². The Balaban J connectivity index is 2.69. The molecule has 0 fully saturated rings. The second-order valence-corrected chi connectivity index (χ2v) is 4.02. The van der Waals surface area contributed by atoms with Crippen LogP contribution < -0.4 is 0 Å². The highest BCUT2D eigenvalue weighted by Gasteiger charge is 2.19. The van der Waals surface area contributed by atoms with E-state index in [4.69, 9.17) is 0 Å². The second-order valence-electron chi connectivity index (χ2n) is 4.02. The van der Waals surface area contributed by atoms with E-state index < -0.39 is 22.9 Å². The van der Waals surface area contributed by atoms with Gasteiger partial charge in [0.25, 0.3) is 5.69 Å². The van der Waals surface area contributed by atoms with E-state index in [2.05, 4.69) is 4.74 Å². The standard InChI is InChI=1S/C12H15NO5/c1-8(12(15)18-2)7-11(14)9-3-5-10(6-4-9)13(16)17/h3-6,8,11,14H,7H2,1-2H3. The molecule has 2 unspecified atom stereocenters. The molecular weight excluding hydrogens is 238 g/mol. The van der Waals surface area contributed by atoms with Crippen LogP contribution in [0.3, 0.4) is 0 Å². The Hall–Kier alpha value is -1.95. The number of methoxy groups -OCH3 is 1. The molecule has 0 saturated carbocycles. The van der Waals surface area contributed by atoms with Crippen molar-refractivity contribution >= 4 is 11.7 Å². The quantitative estimate of drug-likeness (QED) is 0.491. The van der Waals surface area contributed by atoms with Gasteiger partial charge in [-0.3, -0.25) is 14.9 Å². The molecule has 0 spiro atoms. The Morgan fingerprint density at radius 1 is 1.44 bits per heavy atom. The lowest BCUT2D eigenvalue weighted by Gasteiger charge is -2.14. The molecule has 0 aliphatic rings. The molecule has 0 bridgehead atoms. The SMILES string of the molecule is COC(=O)C(C)CC(O)c1ccc([N+](=O)[O-])cc1. The monoisotopic (exact) mass is 253 g/mol.